The number of hydroxylamine groups is 1. The van der Waals surface area contributed by atoms with Crippen molar-refractivity contribution in [2.45, 2.75) is 38.9 Å². The smallest absolute Gasteiger partial charge is 0.273 e. The van der Waals surface area contributed by atoms with E-state index in [1.165, 1.54) is 6.07 Å². The molecule has 41 heavy (non-hydrogen) atoms. The van der Waals surface area contributed by atoms with Crippen LogP contribution in [0.3, 0.4) is 0 Å². The fourth-order valence-corrected chi connectivity index (χ4v) is 4.98. The molecule has 4 rings (SSSR count). The second kappa shape index (κ2) is 15.2. The fraction of sp³-hybridized carbons (Fsp3) is 0.375. The lowest BCUT2D eigenvalue weighted by Crippen LogP contribution is -2.53. The van der Waals surface area contributed by atoms with Gasteiger partial charge in [-0.15, -0.1) is 0 Å². The van der Waals surface area contributed by atoms with Crippen LogP contribution in [0.25, 0.3) is 0 Å². The molecule has 1 fully saturated rings. The number of nitrogens with zero attached hydrogens (tertiary/aromatic N) is 2. The highest BCUT2D eigenvalue weighted by Gasteiger charge is 2.36. The number of anilines is 1. The van der Waals surface area contributed by atoms with Gasteiger partial charge in [0.05, 0.1) is 24.8 Å². The first kappa shape index (κ1) is 30.0. The summed E-state index contributed by atoms with van der Waals surface area (Å²) < 4.78 is 19.8. The minimum Gasteiger partial charge on any atom is -0.494 e. The van der Waals surface area contributed by atoms with Gasteiger partial charge in [0.15, 0.2) is 0 Å². The normalized spacial score (nSPS) is 14.8. The minimum atomic E-state index is -1.58. The SMILES string of the molecule is CCOc1ccc(CCCC(C(=O)N2CCN(c3ccccc3F)CC2)C(O)C(=O)NOCc2ccccc2)cc1. The predicted molar refractivity (Wildman–Crippen MR) is 155 cm³/mol. The summed E-state index contributed by atoms with van der Waals surface area (Å²) in [6.07, 6.45) is 0.000712. The Morgan fingerprint density at radius 1 is 0.927 bits per heavy atom. The Bertz CT molecular complexity index is 1250. The van der Waals surface area contributed by atoms with Gasteiger partial charge in [-0.2, -0.15) is 0 Å². The number of piperazine rings is 1. The maximum atomic E-state index is 14.3. The molecule has 0 saturated carbocycles. The van der Waals surface area contributed by atoms with Gasteiger partial charge in [-0.3, -0.25) is 14.4 Å². The van der Waals surface area contributed by atoms with Gasteiger partial charge in [0.2, 0.25) is 5.91 Å². The lowest BCUT2D eigenvalue weighted by atomic mass is 9.92. The van der Waals surface area contributed by atoms with E-state index in [4.69, 9.17) is 9.57 Å². The van der Waals surface area contributed by atoms with Gasteiger partial charge in [0.1, 0.15) is 17.7 Å². The number of carbonyl (C=O) groups is 2. The monoisotopic (exact) mass is 563 g/mol. The topological polar surface area (TPSA) is 91.3 Å². The lowest BCUT2D eigenvalue weighted by Gasteiger charge is -2.38. The van der Waals surface area contributed by atoms with Gasteiger partial charge < -0.3 is 19.6 Å². The van der Waals surface area contributed by atoms with E-state index in [-0.39, 0.29) is 18.3 Å². The average molecular weight is 564 g/mol. The first-order valence-corrected chi connectivity index (χ1v) is 14.1. The van der Waals surface area contributed by atoms with Gasteiger partial charge in [0, 0.05) is 26.2 Å². The first-order valence-electron chi connectivity index (χ1n) is 14.1. The van der Waals surface area contributed by atoms with Crippen molar-refractivity contribution in [3.05, 3.63) is 95.8 Å². The zero-order valence-corrected chi connectivity index (χ0v) is 23.4. The number of aryl methyl sites for hydroxylation is 1. The van der Waals surface area contributed by atoms with E-state index in [1.54, 1.807) is 23.1 Å². The first-order chi connectivity index (χ1) is 20.0. The minimum absolute atomic E-state index is 0.133. The molecule has 0 aliphatic carbocycles. The summed E-state index contributed by atoms with van der Waals surface area (Å²) in [5.41, 5.74) is 4.74. The molecule has 8 nitrogen and oxygen atoms in total. The third kappa shape index (κ3) is 8.52. The van der Waals surface area contributed by atoms with Crippen LogP contribution in [-0.2, 0) is 27.5 Å². The van der Waals surface area contributed by atoms with E-state index in [1.807, 2.05) is 66.4 Å². The molecule has 9 heteroatoms. The second-order valence-corrected chi connectivity index (χ2v) is 10.0. The molecule has 0 radical (unpaired) electrons. The zero-order chi connectivity index (χ0) is 29.0. The molecule has 1 heterocycles. The third-order valence-corrected chi connectivity index (χ3v) is 7.22. The fourth-order valence-electron chi connectivity index (χ4n) is 4.98. The van der Waals surface area contributed by atoms with Crippen molar-refractivity contribution in [2.75, 3.05) is 37.7 Å². The third-order valence-electron chi connectivity index (χ3n) is 7.22. The standard InChI is InChI=1S/C32H38FN3O5/c1-2-40-26-17-15-24(16-18-26)11-8-12-27(30(37)31(38)34-41-23-25-9-4-3-5-10-25)32(39)36-21-19-35(20-22-36)29-14-7-6-13-28(29)33/h3-7,9-10,13-18,27,30,37H,2,8,11-12,19-23H2,1H3,(H,34,38). The van der Waals surface area contributed by atoms with Crippen molar-refractivity contribution < 1.29 is 28.7 Å². The number of aliphatic hydroxyl groups is 1. The van der Waals surface area contributed by atoms with E-state index in [0.717, 1.165) is 16.9 Å². The molecule has 1 aliphatic heterocycles. The number of halogens is 1. The number of rotatable bonds is 13. The molecule has 3 aromatic carbocycles. The maximum Gasteiger partial charge on any atom is 0.273 e. The summed E-state index contributed by atoms with van der Waals surface area (Å²) in [4.78, 5) is 35.4. The van der Waals surface area contributed by atoms with Crippen LogP contribution in [0.1, 0.15) is 30.9 Å². The zero-order valence-electron chi connectivity index (χ0n) is 23.4. The molecule has 2 atom stereocenters. The van der Waals surface area contributed by atoms with Gasteiger partial charge in [-0.1, -0.05) is 54.6 Å². The Morgan fingerprint density at radius 2 is 1.61 bits per heavy atom. The lowest BCUT2D eigenvalue weighted by molar-refractivity contribution is -0.154. The Hall–Kier alpha value is -3.95. The molecule has 2 unspecified atom stereocenters. The van der Waals surface area contributed by atoms with Crippen LogP contribution in [0.4, 0.5) is 10.1 Å². The maximum absolute atomic E-state index is 14.3. The molecular weight excluding hydrogens is 525 g/mol. The number of para-hydroxylation sites is 1. The number of nitrogens with one attached hydrogen (secondary N) is 1. The predicted octanol–water partition coefficient (Wildman–Crippen LogP) is 4.12. The van der Waals surface area contributed by atoms with Gasteiger partial charge in [-0.05, 0) is 61.6 Å². The summed E-state index contributed by atoms with van der Waals surface area (Å²) in [5, 5.41) is 11.0. The highest BCUT2D eigenvalue weighted by molar-refractivity contribution is 5.89. The summed E-state index contributed by atoms with van der Waals surface area (Å²) in [6, 6.07) is 23.7. The molecule has 2 N–H and O–H groups in total. The Labute approximate surface area is 240 Å². The summed E-state index contributed by atoms with van der Waals surface area (Å²) in [5.74, 6) is -1.51. The number of carbonyl (C=O) groups excluding carboxylic acids is 2. The number of amides is 2. The number of hydrogen-bond donors (Lipinski definition) is 2. The van der Waals surface area contributed by atoms with Crippen LogP contribution < -0.4 is 15.1 Å². The van der Waals surface area contributed by atoms with Crippen molar-refractivity contribution in [2.24, 2.45) is 5.92 Å². The summed E-state index contributed by atoms with van der Waals surface area (Å²) in [7, 11) is 0. The average Bonchev–Trinajstić information content (AvgIpc) is 3.00. The van der Waals surface area contributed by atoms with Gasteiger partial charge >= 0.3 is 0 Å². The molecule has 2 amide bonds. The number of benzene rings is 3. The number of ether oxygens (including phenoxy) is 1. The van der Waals surface area contributed by atoms with Crippen LogP contribution in [0.15, 0.2) is 78.9 Å². The van der Waals surface area contributed by atoms with E-state index in [2.05, 4.69) is 5.48 Å². The number of hydrogen-bond acceptors (Lipinski definition) is 6. The quantitative estimate of drug-likeness (QED) is 0.304. The van der Waals surface area contributed by atoms with Crippen LogP contribution in [0.5, 0.6) is 5.75 Å². The van der Waals surface area contributed by atoms with E-state index < -0.39 is 17.9 Å². The second-order valence-electron chi connectivity index (χ2n) is 10.0. The van der Waals surface area contributed by atoms with Crippen molar-refractivity contribution in [3.8, 4) is 5.75 Å². The van der Waals surface area contributed by atoms with Crippen LogP contribution >= 0.6 is 0 Å². The number of aliphatic hydroxyl groups excluding tert-OH is 1. The van der Waals surface area contributed by atoms with Gasteiger partial charge in [0.25, 0.3) is 5.91 Å². The van der Waals surface area contributed by atoms with Crippen LogP contribution in [0.2, 0.25) is 0 Å². The largest absolute Gasteiger partial charge is 0.494 e. The van der Waals surface area contributed by atoms with E-state index in [0.29, 0.717) is 57.7 Å². The molecule has 218 valence electrons. The van der Waals surface area contributed by atoms with Crippen LogP contribution in [-0.4, -0.2) is 60.7 Å². The van der Waals surface area contributed by atoms with E-state index >= 15 is 0 Å². The molecule has 1 saturated heterocycles. The summed E-state index contributed by atoms with van der Waals surface area (Å²) in [6.45, 7) is 4.28. The van der Waals surface area contributed by atoms with Crippen molar-refractivity contribution in [1.29, 1.82) is 0 Å². The van der Waals surface area contributed by atoms with Crippen molar-refractivity contribution >= 4 is 17.5 Å². The van der Waals surface area contributed by atoms with Crippen molar-refractivity contribution in [3.63, 3.8) is 0 Å². The molecule has 1 aliphatic rings. The Balaban J connectivity index is 1.37. The Kier molecular flexibility index (Phi) is 11.1. The highest BCUT2D eigenvalue weighted by atomic mass is 19.1. The van der Waals surface area contributed by atoms with Gasteiger partial charge in [-0.25, -0.2) is 9.87 Å². The molecule has 0 bridgehead atoms. The van der Waals surface area contributed by atoms with E-state index in [9.17, 15) is 19.1 Å². The molecule has 3 aromatic rings. The summed E-state index contributed by atoms with van der Waals surface area (Å²) >= 11 is 0. The van der Waals surface area contributed by atoms with Crippen molar-refractivity contribution in [1.82, 2.24) is 10.4 Å². The molecular formula is C32H38FN3O5. The van der Waals surface area contributed by atoms with Crippen LogP contribution in [0, 0.1) is 11.7 Å². The molecule has 0 spiro atoms. The molecule has 0 aromatic heterocycles. The Morgan fingerprint density at radius 3 is 2.29 bits per heavy atom. The highest BCUT2D eigenvalue weighted by Crippen LogP contribution is 2.23.